The lowest BCUT2D eigenvalue weighted by Gasteiger charge is -2.13. The van der Waals surface area contributed by atoms with Crippen molar-refractivity contribution >= 4 is 29.0 Å². The van der Waals surface area contributed by atoms with Crippen molar-refractivity contribution in [1.29, 1.82) is 0 Å². The molecule has 7 heteroatoms. The first-order valence-corrected chi connectivity index (χ1v) is 7.52. The number of benzene rings is 1. The summed E-state index contributed by atoms with van der Waals surface area (Å²) in [5.41, 5.74) is 2.23. The highest BCUT2D eigenvalue weighted by Gasteiger charge is 2.28. The van der Waals surface area contributed by atoms with Gasteiger partial charge in [-0.15, -0.1) is 0 Å². The van der Waals surface area contributed by atoms with Crippen molar-refractivity contribution in [2.45, 2.75) is 26.2 Å². The quantitative estimate of drug-likeness (QED) is 0.827. The Labute approximate surface area is 139 Å². The Morgan fingerprint density at radius 3 is 2.54 bits per heavy atom. The number of aromatic nitrogens is 2. The highest BCUT2D eigenvalue weighted by molar-refractivity contribution is 6.51. The van der Waals surface area contributed by atoms with Gasteiger partial charge < -0.3 is 10.6 Å². The topological polar surface area (TPSA) is 93.1 Å². The van der Waals surface area contributed by atoms with Crippen LogP contribution in [0.15, 0.2) is 24.3 Å². The largest absolute Gasteiger partial charge is 0.321 e. The second-order valence-corrected chi connectivity index (χ2v) is 6.79. The molecule has 24 heavy (non-hydrogen) atoms. The van der Waals surface area contributed by atoms with E-state index in [1.165, 1.54) is 10.7 Å². The van der Waals surface area contributed by atoms with E-state index in [0.29, 0.717) is 17.1 Å². The zero-order chi connectivity index (χ0) is 17.6. The van der Waals surface area contributed by atoms with Crippen molar-refractivity contribution in [2.75, 3.05) is 10.6 Å². The molecule has 1 aromatic carbocycles. The van der Waals surface area contributed by atoms with E-state index in [-0.39, 0.29) is 16.9 Å². The minimum atomic E-state index is -0.657. The molecule has 2 N–H and O–H groups in total. The SMILES string of the molecule is Cn1nc(C(C)(C)C)cc1C(=O)Nc1ccc2c(c1)C(=O)C(=O)N2. The monoisotopic (exact) mass is 326 g/mol. The number of nitrogens with zero attached hydrogens (tertiary/aromatic N) is 2. The molecule has 0 bridgehead atoms. The summed E-state index contributed by atoms with van der Waals surface area (Å²) in [6.45, 7) is 6.06. The summed E-state index contributed by atoms with van der Waals surface area (Å²) in [6.07, 6.45) is 0. The summed E-state index contributed by atoms with van der Waals surface area (Å²) in [5, 5.41) is 9.58. The van der Waals surface area contributed by atoms with E-state index in [2.05, 4.69) is 15.7 Å². The molecule has 1 aromatic heterocycles. The normalized spacial score (nSPS) is 13.7. The maximum absolute atomic E-state index is 12.5. The number of carbonyl (C=O) groups is 3. The predicted molar refractivity (Wildman–Crippen MR) is 89.3 cm³/mol. The van der Waals surface area contributed by atoms with Gasteiger partial charge in [-0.3, -0.25) is 19.1 Å². The van der Waals surface area contributed by atoms with E-state index >= 15 is 0 Å². The number of carbonyl (C=O) groups excluding carboxylic acids is 3. The number of hydrogen-bond donors (Lipinski definition) is 2. The molecule has 7 nitrogen and oxygen atoms in total. The number of Topliss-reactive ketones (excluding diaryl/α,β-unsaturated/α-hetero) is 1. The Morgan fingerprint density at radius 1 is 1.21 bits per heavy atom. The van der Waals surface area contributed by atoms with Crippen molar-refractivity contribution in [1.82, 2.24) is 9.78 Å². The van der Waals surface area contributed by atoms with Crippen molar-refractivity contribution in [2.24, 2.45) is 7.05 Å². The van der Waals surface area contributed by atoms with Gasteiger partial charge in [-0.1, -0.05) is 20.8 Å². The van der Waals surface area contributed by atoms with E-state index < -0.39 is 11.7 Å². The van der Waals surface area contributed by atoms with Crippen LogP contribution in [0.5, 0.6) is 0 Å². The van der Waals surface area contributed by atoms with Gasteiger partial charge in [-0.25, -0.2) is 0 Å². The summed E-state index contributed by atoms with van der Waals surface area (Å²) >= 11 is 0. The van der Waals surface area contributed by atoms with E-state index in [4.69, 9.17) is 0 Å². The summed E-state index contributed by atoms with van der Waals surface area (Å²) in [7, 11) is 1.71. The van der Waals surface area contributed by atoms with Gasteiger partial charge in [0, 0.05) is 18.2 Å². The molecule has 0 atom stereocenters. The first-order valence-electron chi connectivity index (χ1n) is 7.52. The lowest BCUT2D eigenvalue weighted by molar-refractivity contribution is -0.112. The zero-order valence-corrected chi connectivity index (χ0v) is 13.9. The van der Waals surface area contributed by atoms with Gasteiger partial charge in [-0.2, -0.15) is 5.10 Å². The maximum atomic E-state index is 12.5. The predicted octanol–water partition coefficient (Wildman–Crippen LogP) is 2.10. The lowest BCUT2D eigenvalue weighted by Crippen LogP contribution is -2.16. The van der Waals surface area contributed by atoms with Gasteiger partial charge in [0.2, 0.25) is 0 Å². The Hall–Kier alpha value is -2.96. The summed E-state index contributed by atoms with van der Waals surface area (Å²) in [4.78, 5) is 35.6. The molecule has 0 radical (unpaired) electrons. The second kappa shape index (κ2) is 5.30. The minimum absolute atomic E-state index is 0.164. The van der Waals surface area contributed by atoms with Crippen molar-refractivity contribution in [3.05, 3.63) is 41.2 Å². The zero-order valence-electron chi connectivity index (χ0n) is 13.9. The maximum Gasteiger partial charge on any atom is 0.296 e. The summed E-state index contributed by atoms with van der Waals surface area (Å²) in [6, 6.07) is 6.47. The summed E-state index contributed by atoms with van der Waals surface area (Å²) in [5.74, 6) is -1.59. The minimum Gasteiger partial charge on any atom is -0.321 e. The molecule has 2 aromatic rings. The van der Waals surface area contributed by atoms with Crippen LogP contribution in [0.25, 0.3) is 0 Å². The van der Waals surface area contributed by atoms with Gasteiger partial charge in [-0.05, 0) is 24.3 Å². The van der Waals surface area contributed by atoms with Crippen LogP contribution in [0.3, 0.4) is 0 Å². The number of hydrogen-bond acceptors (Lipinski definition) is 4. The smallest absolute Gasteiger partial charge is 0.296 e. The Balaban J connectivity index is 1.85. The molecule has 1 aliphatic heterocycles. The third-order valence-electron chi connectivity index (χ3n) is 3.86. The fourth-order valence-electron chi connectivity index (χ4n) is 2.46. The fraction of sp³-hybridized carbons (Fsp3) is 0.294. The van der Waals surface area contributed by atoms with Gasteiger partial charge >= 0.3 is 0 Å². The molecule has 0 saturated heterocycles. The number of aryl methyl sites for hydroxylation is 1. The van der Waals surface area contributed by atoms with Crippen LogP contribution in [0.1, 0.15) is 47.3 Å². The Bertz CT molecular complexity index is 874. The van der Waals surface area contributed by atoms with E-state index in [0.717, 1.165) is 5.69 Å². The van der Waals surface area contributed by atoms with Crippen LogP contribution >= 0.6 is 0 Å². The Morgan fingerprint density at radius 2 is 1.92 bits per heavy atom. The molecule has 0 fully saturated rings. The molecule has 2 amide bonds. The number of rotatable bonds is 2. The van der Waals surface area contributed by atoms with Crippen LogP contribution in [0.4, 0.5) is 11.4 Å². The van der Waals surface area contributed by atoms with Gasteiger partial charge in [0.05, 0.1) is 16.9 Å². The van der Waals surface area contributed by atoms with E-state index in [1.54, 1.807) is 25.2 Å². The average Bonchev–Trinajstić information content (AvgIpc) is 3.01. The number of fused-ring (bicyclic) bond motifs is 1. The van der Waals surface area contributed by atoms with E-state index in [1.807, 2.05) is 20.8 Å². The number of amides is 2. The third kappa shape index (κ3) is 2.68. The van der Waals surface area contributed by atoms with Crippen molar-refractivity contribution in [3.63, 3.8) is 0 Å². The van der Waals surface area contributed by atoms with Crippen LogP contribution in [0.2, 0.25) is 0 Å². The van der Waals surface area contributed by atoms with Crippen LogP contribution in [0, 0.1) is 0 Å². The number of anilines is 2. The lowest BCUT2D eigenvalue weighted by atomic mass is 9.92. The van der Waals surface area contributed by atoms with Gasteiger partial charge in [0.15, 0.2) is 0 Å². The molecule has 0 spiro atoms. The van der Waals surface area contributed by atoms with Crippen LogP contribution < -0.4 is 10.6 Å². The first-order chi connectivity index (χ1) is 11.2. The Kier molecular flexibility index (Phi) is 3.51. The van der Waals surface area contributed by atoms with Crippen molar-refractivity contribution in [3.8, 4) is 0 Å². The van der Waals surface area contributed by atoms with Crippen LogP contribution in [-0.4, -0.2) is 27.4 Å². The third-order valence-corrected chi connectivity index (χ3v) is 3.86. The van der Waals surface area contributed by atoms with Gasteiger partial charge in [0.1, 0.15) is 5.69 Å². The standard InChI is InChI=1S/C17H18N4O3/c1-17(2,3)13-8-12(21(4)20-13)15(23)18-9-5-6-11-10(7-9)14(22)16(24)19-11/h5-8H,1-4H3,(H,18,23)(H,19,22,24). The fourth-order valence-corrected chi connectivity index (χ4v) is 2.46. The molecule has 1 aliphatic rings. The summed E-state index contributed by atoms with van der Waals surface area (Å²) < 4.78 is 1.53. The molecule has 0 aliphatic carbocycles. The van der Waals surface area contributed by atoms with Gasteiger partial charge in [0.25, 0.3) is 17.6 Å². The van der Waals surface area contributed by atoms with E-state index in [9.17, 15) is 14.4 Å². The first kappa shape index (κ1) is 15.9. The molecular weight excluding hydrogens is 308 g/mol. The molecule has 2 heterocycles. The molecule has 3 rings (SSSR count). The highest BCUT2D eigenvalue weighted by atomic mass is 16.2. The van der Waals surface area contributed by atoms with Crippen LogP contribution in [-0.2, 0) is 17.3 Å². The average molecular weight is 326 g/mol. The molecule has 0 saturated carbocycles. The number of nitrogens with one attached hydrogen (secondary N) is 2. The highest BCUT2D eigenvalue weighted by Crippen LogP contribution is 2.27. The molecular formula is C17H18N4O3. The van der Waals surface area contributed by atoms with Crippen molar-refractivity contribution < 1.29 is 14.4 Å². The molecule has 124 valence electrons. The second-order valence-electron chi connectivity index (χ2n) is 6.79. The number of ketones is 1. The molecule has 0 unspecified atom stereocenters.